The Hall–Kier alpha value is -3.23. The van der Waals surface area contributed by atoms with Crippen molar-refractivity contribution in [2.24, 2.45) is 5.73 Å². The monoisotopic (exact) mass is 290 g/mol. The number of carbonyl (C=O) groups excluding carboxylic acids is 1. The highest BCUT2D eigenvalue weighted by Gasteiger charge is 2.15. The molecule has 0 bridgehead atoms. The molecule has 1 amide bonds. The van der Waals surface area contributed by atoms with E-state index in [1.807, 2.05) is 4.98 Å². The van der Waals surface area contributed by atoms with Gasteiger partial charge in [-0.05, 0) is 17.7 Å². The van der Waals surface area contributed by atoms with Crippen LogP contribution >= 0.6 is 0 Å². The normalized spacial score (nSPS) is 10.3. The molecule has 1 heterocycles. The summed E-state index contributed by atoms with van der Waals surface area (Å²) in [6, 6.07) is 6.16. The third-order valence-electron chi connectivity index (χ3n) is 2.75. The Morgan fingerprint density at radius 2 is 2.10 bits per heavy atom. The van der Waals surface area contributed by atoms with E-state index < -0.39 is 27.8 Å². The van der Waals surface area contributed by atoms with Gasteiger partial charge in [0.2, 0.25) is 5.91 Å². The maximum Gasteiger partial charge on any atom is 0.350 e. The first-order valence-electron chi connectivity index (χ1n) is 5.75. The number of nitrogens with two attached hydrogens (primary N) is 1. The van der Waals surface area contributed by atoms with Gasteiger partial charge in [0.15, 0.2) is 0 Å². The predicted molar refractivity (Wildman–Crippen MR) is 72.0 cm³/mol. The number of carbonyl (C=O) groups is 1. The van der Waals surface area contributed by atoms with Crippen LogP contribution in [0.15, 0.2) is 40.1 Å². The van der Waals surface area contributed by atoms with Gasteiger partial charge in [0.25, 0.3) is 0 Å². The molecule has 0 radical (unpaired) electrons. The zero-order valence-electron chi connectivity index (χ0n) is 10.6. The van der Waals surface area contributed by atoms with E-state index in [1.165, 1.54) is 12.1 Å². The number of amides is 1. The molecule has 21 heavy (non-hydrogen) atoms. The van der Waals surface area contributed by atoms with E-state index in [4.69, 9.17) is 5.73 Å². The first kappa shape index (κ1) is 14.2. The van der Waals surface area contributed by atoms with Crippen molar-refractivity contribution in [1.82, 2.24) is 9.55 Å². The summed E-state index contributed by atoms with van der Waals surface area (Å²) in [6.45, 7) is -0.0441. The van der Waals surface area contributed by atoms with E-state index in [9.17, 15) is 24.5 Å². The van der Waals surface area contributed by atoms with E-state index in [0.717, 1.165) is 10.8 Å². The van der Waals surface area contributed by atoms with E-state index in [2.05, 4.69) is 0 Å². The Morgan fingerprint density at radius 3 is 2.71 bits per heavy atom. The average Bonchev–Trinajstić information content (AvgIpc) is 2.41. The topological polar surface area (TPSA) is 141 Å². The number of nitrogens with one attached hydrogen (secondary N) is 1. The molecule has 2 rings (SSSR count). The second-order valence-corrected chi connectivity index (χ2v) is 4.22. The van der Waals surface area contributed by atoms with Crippen molar-refractivity contribution in [1.29, 1.82) is 0 Å². The zero-order valence-corrected chi connectivity index (χ0v) is 10.6. The van der Waals surface area contributed by atoms with Crippen LogP contribution in [0.3, 0.4) is 0 Å². The molecule has 108 valence electrons. The number of H-pyrrole nitrogens is 1. The van der Waals surface area contributed by atoms with Gasteiger partial charge in [-0.15, -0.1) is 0 Å². The summed E-state index contributed by atoms with van der Waals surface area (Å²) in [7, 11) is 0. The molecule has 1 aromatic carbocycles. The largest absolute Gasteiger partial charge is 0.366 e. The van der Waals surface area contributed by atoms with Crippen LogP contribution in [0.2, 0.25) is 0 Å². The minimum absolute atomic E-state index is 0.0441. The van der Waals surface area contributed by atoms with Crippen molar-refractivity contribution in [3.8, 4) is 0 Å². The van der Waals surface area contributed by atoms with Crippen molar-refractivity contribution >= 4 is 11.6 Å². The fourth-order valence-electron chi connectivity index (χ4n) is 1.76. The van der Waals surface area contributed by atoms with Crippen molar-refractivity contribution in [3.63, 3.8) is 0 Å². The summed E-state index contributed by atoms with van der Waals surface area (Å²) in [5.74, 6) is -0.628. The number of hydrogen-bond acceptors (Lipinski definition) is 5. The quantitative estimate of drug-likeness (QED) is 0.581. The van der Waals surface area contributed by atoms with Crippen LogP contribution in [0, 0.1) is 10.1 Å². The molecule has 2 aromatic rings. The second-order valence-electron chi connectivity index (χ2n) is 4.22. The Labute approximate surface area is 116 Å². The van der Waals surface area contributed by atoms with Crippen LogP contribution in [0.1, 0.15) is 15.9 Å². The molecule has 0 aliphatic heterocycles. The molecule has 0 unspecified atom stereocenters. The molecule has 3 N–H and O–H groups in total. The molecule has 0 aliphatic rings. The van der Waals surface area contributed by atoms with Crippen molar-refractivity contribution < 1.29 is 9.72 Å². The van der Waals surface area contributed by atoms with Gasteiger partial charge < -0.3 is 5.73 Å². The smallest absolute Gasteiger partial charge is 0.350 e. The van der Waals surface area contributed by atoms with Gasteiger partial charge in [0.1, 0.15) is 0 Å². The van der Waals surface area contributed by atoms with E-state index >= 15 is 0 Å². The number of nitro groups is 1. The van der Waals surface area contributed by atoms with Gasteiger partial charge >= 0.3 is 16.9 Å². The maximum absolute atomic E-state index is 11.6. The molecule has 9 nitrogen and oxygen atoms in total. The highest BCUT2D eigenvalue weighted by molar-refractivity contribution is 5.92. The summed E-state index contributed by atoms with van der Waals surface area (Å²) in [4.78, 5) is 45.6. The maximum atomic E-state index is 11.6. The van der Waals surface area contributed by atoms with Crippen LogP contribution in [0.5, 0.6) is 0 Å². The van der Waals surface area contributed by atoms with Gasteiger partial charge in [-0.2, -0.15) is 0 Å². The minimum Gasteiger partial charge on any atom is -0.366 e. The molecule has 0 spiro atoms. The molecular formula is C12H10N4O5. The Morgan fingerprint density at radius 1 is 1.38 bits per heavy atom. The Kier molecular flexibility index (Phi) is 3.65. The standard InChI is InChI=1S/C12H10N4O5/c13-10(17)8-3-1-2-7(4-8)5-15-6-9(16(20)21)11(18)14-12(15)19/h1-4,6H,5H2,(H2,13,17)(H,14,18,19). The number of nitrogens with zero attached hydrogens (tertiary/aromatic N) is 2. The lowest BCUT2D eigenvalue weighted by molar-refractivity contribution is -0.386. The number of primary amides is 1. The zero-order chi connectivity index (χ0) is 15.6. The Bertz CT molecular complexity index is 836. The lowest BCUT2D eigenvalue weighted by Gasteiger charge is -2.06. The van der Waals surface area contributed by atoms with Crippen LogP contribution in [-0.4, -0.2) is 20.4 Å². The summed E-state index contributed by atoms with van der Waals surface area (Å²) in [5.41, 5.74) is 3.35. The molecular weight excluding hydrogens is 280 g/mol. The molecule has 0 saturated carbocycles. The third-order valence-corrected chi connectivity index (χ3v) is 2.75. The molecule has 9 heteroatoms. The first-order chi connectivity index (χ1) is 9.88. The van der Waals surface area contributed by atoms with Crippen LogP contribution < -0.4 is 17.0 Å². The minimum atomic E-state index is -1.06. The summed E-state index contributed by atoms with van der Waals surface area (Å²) in [5, 5.41) is 10.7. The third kappa shape index (κ3) is 3.03. The molecule has 0 atom stereocenters. The SMILES string of the molecule is NC(=O)c1cccc(Cn2cc([N+](=O)[O-])c(=O)[nH]c2=O)c1. The van der Waals surface area contributed by atoms with Gasteiger partial charge in [0, 0.05) is 5.56 Å². The van der Waals surface area contributed by atoms with Gasteiger partial charge in [0.05, 0.1) is 17.7 Å². The lowest BCUT2D eigenvalue weighted by atomic mass is 10.1. The predicted octanol–water partition coefficient (Wildman–Crippen LogP) is -0.408. The highest BCUT2D eigenvalue weighted by Crippen LogP contribution is 2.07. The first-order valence-corrected chi connectivity index (χ1v) is 5.75. The number of rotatable bonds is 4. The van der Waals surface area contributed by atoms with Crippen molar-refractivity contribution in [2.75, 3.05) is 0 Å². The van der Waals surface area contributed by atoms with Crippen molar-refractivity contribution in [3.05, 3.63) is 72.5 Å². The van der Waals surface area contributed by atoms with E-state index in [-0.39, 0.29) is 12.1 Å². The van der Waals surface area contributed by atoms with Crippen molar-refractivity contribution in [2.45, 2.75) is 6.54 Å². The number of aromatic nitrogens is 2. The van der Waals surface area contributed by atoms with Gasteiger partial charge in [-0.25, -0.2) is 4.79 Å². The van der Waals surface area contributed by atoms with Crippen LogP contribution in [0.4, 0.5) is 5.69 Å². The summed E-state index contributed by atoms with van der Waals surface area (Å²) < 4.78 is 0.972. The molecule has 0 aliphatic carbocycles. The van der Waals surface area contributed by atoms with Gasteiger partial charge in [-0.1, -0.05) is 12.1 Å². The van der Waals surface area contributed by atoms with Crippen LogP contribution in [0.25, 0.3) is 0 Å². The molecule has 0 fully saturated rings. The van der Waals surface area contributed by atoms with Crippen LogP contribution in [-0.2, 0) is 6.54 Å². The number of hydrogen-bond donors (Lipinski definition) is 2. The fourth-order valence-corrected chi connectivity index (χ4v) is 1.76. The number of aromatic amines is 1. The molecule has 0 saturated heterocycles. The highest BCUT2D eigenvalue weighted by atomic mass is 16.6. The second kappa shape index (κ2) is 5.41. The Balaban J connectivity index is 2.44. The lowest BCUT2D eigenvalue weighted by Crippen LogP contribution is -2.31. The molecule has 1 aromatic heterocycles. The fraction of sp³-hybridized carbons (Fsp3) is 0.0833. The average molecular weight is 290 g/mol. The summed E-state index contributed by atoms with van der Waals surface area (Å²) in [6.07, 6.45) is 0.859. The van der Waals surface area contributed by atoms with Gasteiger partial charge in [-0.3, -0.25) is 29.3 Å². The summed E-state index contributed by atoms with van der Waals surface area (Å²) >= 11 is 0. The number of benzene rings is 1. The van der Waals surface area contributed by atoms with E-state index in [1.54, 1.807) is 12.1 Å². The van der Waals surface area contributed by atoms with E-state index in [0.29, 0.717) is 5.56 Å².